The van der Waals surface area contributed by atoms with Crippen molar-refractivity contribution >= 4 is 15.8 Å². The lowest BCUT2D eigenvalue weighted by atomic mass is 10.2. The number of aryl methyl sites for hydroxylation is 1. The predicted octanol–water partition coefficient (Wildman–Crippen LogP) is 0.999. The average Bonchev–Trinajstić information content (AvgIpc) is 2.72. The highest BCUT2D eigenvalue weighted by molar-refractivity contribution is 7.92. The highest BCUT2D eigenvalue weighted by atomic mass is 32.2. The third kappa shape index (κ3) is 2.79. The Morgan fingerprint density at radius 2 is 2.18 bits per heavy atom. The zero-order valence-corrected chi connectivity index (χ0v) is 12.8. The normalized spacial score (nSPS) is 11.2. The van der Waals surface area contributed by atoms with Gasteiger partial charge in [-0.2, -0.15) is 10.4 Å². The van der Waals surface area contributed by atoms with Crippen LogP contribution in [-0.2, 0) is 23.6 Å². The monoisotopic (exact) mass is 323 g/mol. The van der Waals surface area contributed by atoms with Gasteiger partial charge in [0.25, 0.3) is 10.0 Å². The van der Waals surface area contributed by atoms with Gasteiger partial charge in [-0.15, -0.1) is 0 Å². The van der Waals surface area contributed by atoms with Gasteiger partial charge < -0.3 is 5.73 Å². The highest BCUT2D eigenvalue weighted by Crippen LogP contribution is 2.22. The lowest BCUT2D eigenvalue weighted by Crippen LogP contribution is -2.15. The van der Waals surface area contributed by atoms with Gasteiger partial charge in [0, 0.05) is 24.8 Å². The first-order valence-corrected chi connectivity index (χ1v) is 7.73. The SMILES string of the molecule is Cc1c(CN)c(NS(=O)(=O)c2ccc(C#N)c(F)c2)nn1C. The number of aromatic nitrogens is 2. The first-order valence-electron chi connectivity index (χ1n) is 6.25. The number of nitrogens with two attached hydrogens (primary N) is 1. The van der Waals surface area contributed by atoms with Crippen molar-refractivity contribution in [3.63, 3.8) is 0 Å². The molecular formula is C13H14FN5O2S. The molecule has 1 aromatic carbocycles. The molecule has 0 atom stereocenters. The second-order valence-electron chi connectivity index (χ2n) is 4.60. The smallest absolute Gasteiger partial charge is 0.263 e. The van der Waals surface area contributed by atoms with E-state index in [0.29, 0.717) is 5.56 Å². The molecule has 2 aromatic rings. The van der Waals surface area contributed by atoms with E-state index in [1.807, 2.05) is 0 Å². The molecule has 0 spiro atoms. The number of anilines is 1. The Labute approximate surface area is 127 Å². The van der Waals surface area contributed by atoms with Crippen molar-refractivity contribution in [3.05, 3.63) is 40.8 Å². The van der Waals surface area contributed by atoms with Gasteiger partial charge in [-0.05, 0) is 25.1 Å². The van der Waals surface area contributed by atoms with E-state index >= 15 is 0 Å². The van der Waals surface area contributed by atoms with Crippen LogP contribution in [0.15, 0.2) is 23.1 Å². The maximum absolute atomic E-state index is 13.6. The average molecular weight is 323 g/mol. The van der Waals surface area contributed by atoms with Crippen molar-refractivity contribution in [1.29, 1.82) is 5.26 Å². The highest BCUT2D eigenvalue weighted by Gasteiger charge is 2.21. The van der Waals surface area contributed by atoms with Gasteiger partial charge in [0.15, 0.2) is 5.82 Å². The van der Waals surface area contributed by atoms with Gasteiger partial charge in [-0.3, -0.25) is 9.40 Å². The maximum Gasteiger partial charge on any atom is 0.263 e. The third-order valence-corrected chi connectivity index (χ3v) is 4.60. The fourth-order valence-electron chi connectivity index (χ4n) is 1.92. The second kappa shape index (κ2) is 5.75. The van der Waals surface area contributed by atoms with E-state index in [4.69, 9.17) is 11.0 Å². The molecular weight excluding hydrogens is 309 g/mol. The largest absolute Gasteiger partial charge is 0.326 e. The zero-order chi connectivity index (χ0) is 16.5. The van der Waals surface area contributed by atoms with Crippen LogP contribution in [0, 0.1) is 24.1 Å². The van der Waals surface area contributed by atoms with Gasteiger partial charge in [-0.1, -0.05) is 0 Å². The minimum Gasteiger partial charge on any atom is -0.326 e. The molecule has 0 bridgehead atoms. The standard InChI is InChI=1S/C13H14FN5O2S/c1-8-11(7-16)13(17-19(8)2)18-22(20,21)10-4-3-9(6-15)12(14)5-10/h3-5H,7,16H2,1-2H3,(H,17,18). The van der Waals surface area contributed by atoms with E-state index in [1.165, 1.54) is 4.68 Å². The van der Waals surface area contributed by atoms with E-state index in [1.54, 1.807) is 20.0 Å². The summed E-state index contributed by atoms with van der Waals surface area (Å²) in [4.78, 5) is -0.296. The summed E-state index contributed by atoms with van der Waals surface area (Å²) in [6.45, 7) is 1.87. The molecule has 0 fully saturated rings. The van der Waals surface area contributed by atoms with Gasteiger partial charge >= 0.3 is 0 Å². The summed E-state index contributed by atoms with van der Waals surface area (Å²) in [5, 5.41) is 12.7. The first kappa shape index (κ1) is 15.9. The molecule has 22 heavy (non-hydrogen) atoms. The quantitative estimate of drug-likeness (QED) is 0.871. The molecule has 9 heteroatoms. The number of rotatable bonds is 4. The Morgan fingerprint density at radius 3 is 2.73 bits per heavy atom. The van der Waals surface area contributed by atoms with E-state index in [0.717, 1.165) is 23.9 Å². The number of nitrogens with zero attached hydrogens (tertiary/aromatic N) is 3. The Hall–Kier alpha value is -2.44. The number of halogens is 1. The van der Waals surface area contributed by atoms with Crippen LogP contribution in [0.4, 0.5) is 10.2 Å². The second-order valence-corrected chi connectivity index (χ2v) is 6.28. The van der Waals surface area contributed by atoms with Crippen LogP contribution in [0.3, 0.4) is 0 Å². The van der Waals surface area contributed by atoms with Crippen LogP contribution in [0.5, 0.6) is 0 Å². The number of hydrogen-bond donors (Lipinski definition) is 2. The Bertz CT molecular complexity index is 867. The summed E-state index contributed by atoms with van der Waals surface area (Å²) in [5.41, 5.74) is 6.66. The van der Waals surface area contributed by atoms with Crippen molar-refractivity contribution in [3.8, 4) is 6.07 Å². The van der Waals surface area contributed by atoms with Crippen LogP contribution >= 0.6 is 0 Å². The summed E-state index contributed by atoms with van der Waals surface area (Å²) in [7, 11) is -2.37. The molecule has 1 aromatic heterocycles. The van der Waals surface area contributed by atoms with Gasteiger partial charge in [0.05, 0.1) is 10.5 Å². The van der Waals surface area contributed by atoms with Gasteiger partial charge in [0.1, 0.15) is 11.9 Å². The van der Waals surface area contributed by atoms with E-state index in [9.17, 15) is 12.8 Å². The van der Waals surface area contributed by atoms with Gasteiger partial charge in [-0.25, -0.2) is 12.8 Å². The Morgan fingerprint density at radius 1 is 1.50 bits per heavy atom. The van der Waals surface area contributed by atoms with E-state index in [2.05, 4.69) is 9.82 Å². The topological polar surface area (TPSA) is 114 Å². The lowest BCUT2D eigenvalue weighted by Gasteiger charge is -2.07. The first-order chi connectivity index (χ1) is 10.3. The maximum atomic E-state index is 13.6. The van der Waals surface area contributed by atoms with Crippen LogP contribution in [-0.4, -0.2) is 18.2 Å². The molecule has 0 saturated carbocycles. The molecule has 0 aliphatic rings. The fourth-order valence-corrected chi connectivity index (χ4v) is 2.96. The number of benzene rings is 1. The molecule has 1 heterocycles. The lowest BCUT2D eigenvalue weighted by molar-refractivity contribution is 0.594. The van der Waals surface area contributed by atoms with Crippen molar-refractivity contribution < 1.29 is 12.8 Å². The fraction of sp³-hybridized carbons (Fsp3) is 0.231. The number of nitrogens with one attached hydrogen (secondary N) is 1. The minimum absolute atomic E-state index is 0.104. The summed E-state index contributed by atoms with van der Waals surface area (Å²) < 4.78 is 42.0. The van der Waals surface area contributed by atoms with Crippen molar-refractivity contribution in [2.75, 3.05) is 4.72 Å². The summed E-state index contributed by atoms with van der Waals surface area (Å²) in [6, 6.07) is 4.68. The van der Waals surface area contributed by atoms with Crippen LogP contribution < -0.4 is 10.5 Å². The molecule has 0 radical (unpaired) electrons. The number of sulfonamides is 1. The van der Waals surface area contributed by atoms with E-state index < -0.39 is 15.8 Å². The van der Waals surface area contributed by atoms with Crippen molar-refractivity contribution in [2.24, 2.45) is 12.8 Å². The zero-order valence-electron chi connectivity index (χ0n) is 12.0. The van der Waals surface area contributed by atoms with Crippen LogP contribution in [0.1, 0.15) is 16.8 Å². The van der Waals surface area contributed by atoms with Crippen molar-refractivity contribution in [1.82, 2.24) is 9.78 Å². The number of hydrogen-bond acceptors (Lipinski definition) is 5. The Balaban J connectivity index is 2.43. The van der Waals surface area contributed by atoms with Crippen LogP contribution in [0.25, 0.3) is 0 Å². The Kier molecular flexibility index (Phi) is 4.16. The minimum atomic E-state index is -4.03. The number of nitriles is 1. The summed E-state index contributed by atoms with van der Waals surface area (Å²) >= 11 is 0. The molecule has 7 nitrogen and oxygen atoms in total. The molecule has 0 amide bonds. The van der Waals surface area contributed by atoms with Crippen LogP contribution in [0.2, 0.25) is 0 Å². The molecule has 2 rings (SSSR count). The molecule has 3 N–H and O–H groups in total. The molecule has 0 aliphatic carbocycles. The predicted molar refractivity (Wildman–Crippen MR) is 77.8 cm³/mol. The third-order valence-electron chi connectivity index (χ3n) is 3.26. The molecule has 0 saturated heterocycles. The summed E-state index contributed by atoms with van der Waals surface area (Å²) in [6.07, 6.45) is 0. The van der Waals surface area contributed by atoms with Gasteiger partial charge in [0.2, 0.25) is 0 Å². The molecule has 116 valence electrons. The molecule has 0 unspecified atom stereocenters. The van der Waals surface area contributed by atoms with E-state index in [-0.39, 0.29) is 22.8 Å². The molecule has 0 aliphatic heterocycles. The summed E-state index contributed by atoms with van der Waals surface area (Å²) in [5.74, 6) is -0.797. The van der Waals surface area contributed by atoms with Crippen molar-refractivity contribution in [2.45, 2.75) is 18.4 Å².